The molecule has 0 bridgehead atoms. The minimum atomic E-state index is -0.315. The van der Waals surface area contributed by atoms with E-state index in [1.54, 1.807) is 0 Å². The van der Waals surface area contributed by atoms with Gasteiger partial charge in [0.2, 0.25) is 0 Å². The fourth-order valence-corrected chi connectivity index (χ4v) is 1.47. The van der Waals surface area contributed by atoms with Gasteiger partial charge < -0.3 is 4.74 Å². The van der Waals surface area contributed by atoms with E-state index in [4.69, 9.17) is 4.74 Å². The lowest BCUT2D eigenvalue weighted by Gasteiger charge is -2.22. The molecule has 1 heterocycles. The fraction of sp³-hybridized carbons (Fsp3) is 0.727. The number of nitrogens with one attached hydrogen (secondary N) is 1. The zero-order valence-corrected chi connectivity index (χ0v) is 9.01. The predicted octanol–water partition coefficient (Wildman–Crippen LogP) is 2.83. The molecule has 1 aliphatic heterocycles. The molecule has 0 spiro atoms. The number of hydrogen-bond donors (Lipinski definition) is 1. The second kappa shape index (κ2) is 5.68. The van der Waals surface area contributed by atoms with Crippen LogP contribution in [0.1, 0.15) is 39.5 Å². The monoisotopic (exact) mass is 197 g/mol. The van der Waals surface area contributed by atoms with E-state index in [-0.39, 0.29) is 6.09 Å². The summed E-state index contributed by atoms with van der Waals surface area (Å²) in [7, 11) is 0. The van der Waals surface area contributed by atoms with Crippen LogP contribution in [0.25, 0.3) is 0 Å². The molecule has 1 aliphatic rings. The molecule has 0 aromatic carbocycles. The van der Waals surface area contributed by atoms with Crippen molar-refractivity contribution in [3.63, 3.8) is 0 Å². The van der Waals surface area contributed by atoms with Gasteiger partial charge in [-0.15, -0.1) is 0 Å². The Kier molecular flexibility index (Phi) is 4.50. The van der Waals surface area contributed by atoms with Crippen molar-refractivity contribution in [2.45, 2.75) is 39.5 Å². The Hall–Kier alpha value is -0.990. The van der Waals surface area contributed by atoms with Crippen LogP contribution < -0.4 is 5.32 Å². The van der Waals surface area contributed by atoms with E-state index in [0.717, 1.165) is 12.1 Å². The molecule has 1 N–H and O–H groups in total. The smallest absolute Gasteiger partial charge is 0.411 e. The molecule has 0 aromatic heterocycles. The number of carbonyl (C=O) groups is 1. The zero-order valence-electron chi connectivity index (χ0n) is 9.01. The number of ether oxygens (including phenoxy) is 1. The third kappa shape index (κ3) is 3.40. The van der Waals surface area contributed by atoms with Crippen molar-refractivity contribution < 1.29 is 9.53 Å². The Morgan fingerprint density at radius 3 is 3.07 bits per heavy atom. The van der Waals surface area contributed by atoms with Gasteiger partial charge in [-0.1, -0.05) is 32.8 Å². The van der Waals surface area contributed by atoms with Crippen LogP contribution in [0.5, 0.6) is 0 Å². The molecule has 3 nitrogen and oxygen atoms in total. The lowest BCUT2D eigenvalue weighted by atomic mass is 10.1. The Labute approximate surface area is 85.5 Å². The van der Waals surface area contributed by atoms with Gasteiger partial charge >= 0.3 is 6.09 Å². The number of carbonyl (C=O) groups excluding carboxylic acids is 1. The highest BCUT2D eigenvalue weighted by Crippen LogP contribution is 2.14. The van der Waals surface area contributed by atoms with Crippen LogP contribution in [0, 0.1) is 5.92 Å². The summed E-state index contributed by atoms with van der Waals surface area (Å²) in [5, 5.41) is 2.74. The number of cyclic esters (lactones) is 1. The summed E-state index contributed by atoms with van der Waals surface area (Å²) in [5.41, 5.74) is 1.03. The van der Waals surface area contributed by atoms with Crippen LogP contribution in [0.4, 0.5) is 4.79 Å². The second-order valence-corrected chi connectivity index (χ2v) is 3.78. The molecule has 1 fully saturated rings. The minimum absolute atomic E-state index is 0.314. The summed E-state index contributed by atoms with van der Waals surface area (Å²) in [6.07, 6.45) is 6.54. The zero-order chi connectivity index (χ0) is 10.4. The van der Waals surface area contributed by atoms with E-state index < -0.39 is 0 Å². The number of alkyl carbamates (subject to hydrolysis) is 1. The quantitative estimate of drug-likeness (QED) is 0.704. The normalized spacial score (nSPS) is 24.6. The Balaban J connectivity index is 2.35. The first-order valence-corrected chi connectivity index (χ1v) is 5.38. The molecular formula is C11H19NO2. The largest absolute Gasteiger partial charge is 0.449 e. The van der Waals surface area contributed by atoms with Crippen LogP contribution in [-0.4, -0.2) is 12.7 Å². The lowest BCUT2D eigenvalue weighted by molar-refractivity contribution is 0.120. The maximum Gasteiger partial charge on any atom is 0.411 e. The molecule has 1 rings (SSSR count). The summed E-state index contributed by atoms with van der Waals surface area (Å²) in [6, 6.07) is 0. The predicted molar refractivity (Wildman–Crippen MR) is 55.9 cm³/mol. The lowest BCUT2D eigenvalue weighted by Crippen LogP contribution is -2.35. The molecule has 0 saturated carbocycles. The van der Waals surface area contributed by atoms with E-state index in [9.17, 15) is 4.79 Å². The second-order valence-electron chi connectivity index (χ2n) is 3.78. The Bertz CT molecular complexity index is 223. The molecular weight excluding hydrogens is 178 g/mol. The maximum atomic E-state index is 10.9. The van der Waals surface area contributed by atoms with E-state index in [0.29, 0.717) is 12.5 Å². The van der Waals surface area contributed by atoms with Crippen molar-refractivity contribution in [1.29, 1.82) is 0 Å². The summed E-state index contributed by atoms with van der Waals surface area (Å²) in [6.45, 7) is 4.75. The van der Waals surface area contributed by atoms with Crippen molar-refractivity contribution in [2.75, 3.05) is 6.61 Å². The van der Waals surface area contributed by atoms with Gasteiger partial charge in [-0.3, -0.25) is 5.32 Å². The molecule has 1 saturated heterocycles. The van der Waals surface area contributed by atoms with Crippen molar-refractivity contribution >= 4 is 6.09 Å². The first-order valence-electron chi connectivity index (χ1n) is 5.38. The summed E-state index contributed by atoms with van der Waals surface area (Å²) < 4.78 is 4.86. The third-order valence-corrected chi connectivity index (χ3v) is 2.41. The van der Waals surface area contributed by atoms with E-state index >= 15 is 0 Å². The number of allylic oxidation sites excluding steroid dienone is 1. The van der Waals surface area contributed by atoms with Crippen LogP contribution in [-0.2, 0) is 4.74 Å². The minimum Gasteiger partial charge on any atom is -0.449 e. The first kappa shape index (κ1) is 11.1. The van der Waals surface area contributed by atoms with Gasteiger partial charge in [0.25, 0.3) is 0 Å². The highest BCUT2D eigenvalue weighted by atomic mass is 16.6. The Morgan fingerprint density at radius 1 is 1.57 bits per heavy atom. The molecule has 14 heavy (non-hydrogen) atoms. The van der Waals surface area contributed by atoms with Crippen molar-refractivity contribution in [1.82, 2.24) is 5.32 Å². The molecule has 80 valence electrons. The SMILES string of the molecule is CCCCC/C=C1\NC(=O)OCC1C. The fourth-order valence-electron chi connectivity index (χ4n) is 1.47. The number of rotatable bonds is 4. The highest BCUT2D eigenvalue weighted by molar-refractivity contribution is 5.70. The van der Waals surface area contributed by atoms with Crippen molar-refractivity contribution in [3.8, 4) is 0 Å². The van der Waals surface area contributed by atoms with Crippen LogP contribution in [0.15, 0.2) is 11.8 Å². The molecule has 0 aliphatic carbocycles. The van der Waals surface area contributed by atoms with E-state index in [2.05, 4.69) is 25.2 Å². The molecule has 1 atom stereocenters. The highest BCUT2D eigenvalue weighted by Gasteiger charge is 2.19. The van der Waals surface area contributed by atoms with E-state index in [1.807, 2.05) is 0 Å². The van der Waals surface area contributed by atoms with Gasteiger partial charge in [0, 0.05) is 11.6 Å². The number of amides is 1. The van der Waals surface area contributed by atoms with Gasteiger partial charge in [0.15, 0.2) is 0 Å². The van der Waals surface area contributed by atoms with Gasteiger partial charge in [0.1, 0.15) is 6.61 Å². The van der Waals surface area contributed by atoms with Gasteiger partial charge in [-0.2, -0.15) is 0 Å². The molecule has 0 aromatic rings. The number of unbranched alkanes of at least 4 members (excludes halogenated alkanes) is 3. The number of hydrogen-bond acceptors (Lipinski definition) is 2. The third-order valence-electron chi connectivity index (χ3n) is 2.41. The van der Waals surface area contributed by atoms with Gasteiger partial charge in [-0.25, -0.2) is 4.79 Å². The Morgan fingerprint density at radius 2 is 2.36 bits per heavy atom. The topological polar surface area (TPSA) is 38.3 Å². The van der Waals surface area contributed by atoms with Gasteiger partial charge in [0.05, 0.1) is 0 Å². The van der Waals surface area contributed by atoms with Crippen molar-refractivity contribution in [3.05, 3.63) is 11.8 Å². The van der Waals surface area contributed by atoms with Gasteiger partial charge in [-0.05, 0) is 12.8 Å². The molecule has 3 heteroatoms. The average Bonchev–Trinajstić information content (AvgIpc) is 2.18. The average molecular weight is 197 g/mol. The summed E-state index contributed by atoms with van der Waals surface area (Å²) in [5.74, 6) is 0.314. The summed E-state index contributed by atoms with van der Waals surface area (Å²) in [4.78, 5) is 10.9. The summed E-state index contributed by atoms with van der Waals surface area (Å²) >= 11 is 0. The van der Waals surface area contributed by atoms with E-state index in [1.165, 1.54) is 19.3 Å². The standard InChI is InChI=1S/C11H19NO2/c1-3-4-5-6-7-10-9(2)8-14-11(13)12-10/h7,9H,3-6,8H2,1-2H3,(H,12,13)/b10-7-. The molecule has 1 amide bonds. The van der Waals surface area contributed by atoms with Crippen LogP contribution in [0.2, 0.25) is 0 Å². The molecule has 0 radical (unpaired) electrons. The maximum absolute atomic E-state index is 10.9. The van der Waals surface area contributed by atoms with Crippen molar-refractivity contribution in [2.24, 2.45) is 5.92 Å². The van der Waals surface area contributed by atoms with Crippen LogP contribution in [0.3, 0.4) is 0 Å². The molecule has 1 unspecified atom stereocenters. The van der Waals surface area contributed by atoms with Crippen LogP contribution >= 0.6 is 0 Å². The first-order chi connectivity index (χ1) is 6.74.